The van der Waals surface area contributed by atoms with Gasteiger partial charge in [-0.25, -0.2) is 0 Å². The molecule has 0 N–H and O–H groups in total. The third-order valence-electron chi connectivity index (χ3n) is 15.9. The van der Waals surface area contributed by atoms with Gasteiger partial charge in [0.15, 0.2) is 6.10 Å². The summed E-state index contributed by atoms with van der Waals surface area (Å²) < 4.78 is 17.0. The molecule has 6 heteroatoms. The molecule has 0 aromatic heterocycles. The fourth-order valence-electron chi connectivity index (χ4n) is 10.6. The SMILES string of the molecule is CC/C=C\C/C=C\C/C=C\C/C=C\CCCCCCCCCCCCCCCCCCC(=O)OCC(COC(=O)CCCCCCCCCCCCCC)OC(=O)CCCCCCCCCCCCC/C=C\C/C=C\CCCCCCC. The minimum atomic E-state index is -0.774. The lowest BCUT2D eigenvalue weighted by Crippen LogP contribution is -2.30. The highest BCUT2D eigenvalue weighted by atomic mass is 16.6. The Morgan fingerprint density at radius 1 is 0.256 bits per heavy atom. The third kappa shape index (κ3) is 67.6. The first-order chi connectivity index (χ1) is 40.5. The van der Waals surface area contributed by atoms with E-state index in [2.05, 4.69) is 93.7 Å². The average molecular weight is 1150 g/mol. The van der Waals surface area contributed by atoms with Crippen LogP contribution in [0.1, 0.15) is 374 Å². The molecule has 0 bridgehead atoms. The molecule has 1 atom stereocenters. The number of rotatable bonds is 66. The molecule has 6 nitrogen and oxygen atoms in total. The van der Waals surface area contributed by atoms with Crippen LogP contribution in [0.2, 0.25) is 0 Å². The lowest BCUT2D eigenvalue weighted by molar-refractivity contribution is -0.167. The molecule has 0 aliphatic heterocycles. The summed E-state index contributed by atoms with van der Waals surface area (Å²) >= 11 is 0. The fraction of sp³-hybridized carbons (Fsp3) is 0.803. The van der Waals surface area contributed by atoms with E-state index < -0.39 is 6.10 Å². The Kier molecular flexibility index (Phi) is 67.6. The summed E-state index contributed by atoms with van der Waals surface area (Å²) in [5.41, 5.74) is 0. The highest BCUT2D eigenvalue weighted by Gasteiger charge is 2.19. The topological polar surface area (TPSA) is 78.9 Å². The minimum absolute atomic E-state index is 0.0704. The van der Waals surface area contributed by atoms with Gasteiger partial charge in [0.2, 0.25) is 0 Å². The molecular weight excluding hydrogens is 1010 g/mol. The van der Waals surface area contributed by atoms with Crippen molar-refractivity contribution in [1.29, 1.82) is 0 Å². The van der Waals surface area contributed by atoms with Crippen LogP contribution in [0.4, 0.5) is 0 Å². The largest absolute Gasteiger partial charge is 0.462 e. The predicted molar refractivity (Wildman–Crippen MR) is 358 cm³/mol. The number of unbranched alkanes of at least 4 members (excludes halogenated alkanes) is 43. The Morgan fingerprint density at radius 3 is 0.744 bits per heavy atom. The van der Waals surface area contributed by atoms with Crippen LogP contribution < -0.4 is 0 Å². The van der Waals surface area contributed by atoms with Crippen LogP contribution in [0.25, 0.3) is 0 Å². The number of esters is 3. The molecule has 0 heterocycles. The van der Waals surface area contributed by atoms with E-state index >= 15 is 0 Å². The van der Waals surface area contributed by atoms with Gasteiger partial charge in [0, 0.05) is 19.3 Å². The van der Waals surface area contributed by atoms with E-state index in [1.54, 1.807) is 0 Å². The van der Waals surface area contributed by atoms with Crippen molar-refractivity contribution in [3.8, 4) is 0 Å². The molecule has 1 unspecified atom stereocenters. The monoisotopic (exact) mass is 1150 g/mol. The first-order valence-corrected chi connectivity index (χ1v) is 35.9. The smallest absolute Gasteiger partial charge is 0.306 e. The molecule has 0 saturated carbocycles. The number of hydrogen-bond donors (Lipinski definition) is 0. The van der Waals surface area contributed by atoms with E-state index in [4.69, 9.17) is 14.2 Å². The summed E-state index contributed by atoms with van der Waals surface area (Å²) in [6.07, 6.45) is 92.2. The molecule has 0 amide bonds. The van der Waals surface area contributed by atoms with Crippen molar-refractivity contribution >= 4 is 17.9 Å². The van der Waals surface area contributed by atoms with Crippen LogP contribution in [0.3, 0.4) is 0 Å². The van der Waals surface area contributed by atoms with Crippen LogP contribution in [0.15, 0.2) is 72.9 Å². The standard InChI is InChI=1S/C76H136O6/c1-4-7-10-13-16-19-22-25-27-29-31-33-35-36-37-38-39-40-42-43-45-47-49-51-54-57-60-63-66-69-75(78)81-72-73(71-80-74(77)68-65-62-59-56-53-24-21-18-15-12-9-6-3)82-76(79)70-67-64-61-58-55-52-50-48-46-44-41-34-32-30-28-26-23-20-17-14-11-8-5-2/h7,10,16,19,23,25-27,30-33,73H,4-6,8-9,11-15,17-18,20-22,24,28-29,34-72H2,1-3H3/b10-7-,19-16-,26-23-,27-25-,32-30-,33-31-. The Bertz CT molecular complexity index is 1500. The average Bonchev–Trinajstić information content (AvgIpc) is 3.47. The highest BCUT2D eigenvalue weighted by Crippen LogP contribution is 2.18. The van der Waals surface area contributed by atoms with Crippen molar-refractivity contribution in [1.82, 2.24) is 0 Å². The summed E-state index contributed by atoms with van der Waals surface area (Å²) in [7, 11) is 0. The Morgan fingerprint density at radius 2 is 0.476 bits per heavy atom. The van der Waals surface area contributed by atoms with Gasteiger partial charge in [0.25, 0.3) is 0 Å². The summed E-state index contributed by atoms with van der Waals surface area (Å²) in [4.78, 5) is 38.4. The summed E-state index contributed by atoms with van der Waals surface area (Å²) in [5.74, 6) is -0.849. The van der Waals surface area contributed by atoms with E-state index in [1.807, 2.05) is 0 Å². The quantitative estimate of drug-likeness (QED) is 0.0261. The van der Waals surface area contributed by atoms with E-state index in [0.29, 0.717) is 19.3 Å². The van der Waals surface area contributed by atoms with Gasteiger partial charge in [-0.05, 0) is 89.9 Å². The van der Waals surface area contributed by atoms with Crippen LogP contribution in [-0.4, -0.2) is 37.2 Å². The summed E-state index contributed by atoms with van der Waals surface area (Å²) in [6, 6.07) is 0. The van der Waals surface area contributed by atoms with Crippen molar-refractivity contribution in [2.45, 2.75) is 380 Å². The minimum Gasteiger partial charge on any atom is -0.462 e. The maximum absolute atomic E-state index is 13.0. The number of ether oxygens (including phenoxy) is 3. The van der Waals surface area contributed by atoms with Gasteiger partial charge in [-0.1, -0.05) is 338 Å². The summed E-state index contributed by atoms with van der Waals surface area (Å²) in [5, 5.41) is 0. The van der Waals surface area contributed by atoms with Crippen LogP contribution in [0, 0.1) is 0 Å². The van der Waals surface area contributed by atoms with Gasteiger partial charge in [0.05, 0.1) is 0 Å². The van der Waals surface area contributed by atoms with Crippen molar-refractivity contribution < 1.29 is 28.6 Å². The molecule has 476 valence electrons. The van der Waals surface area contributed by atoms with E-state index in [-0.39, 0.29) is 31.1 Å². The lowest BCUT2D eigenvalue weighted by atomic mass is 10.0. The summed E-state index contributed by atoms with van der Waals surface area (Å²) in [6.45, 7) is 6.57. The molecule has 0 spiro atoms. The number of carbonyl (C=O) groups excluding carboxylic acids is 3. The number of hydrogen-bond acceptors (Lipinski definition) is 6. The van der Waals surface area contributed by atoms with Gasteiger partial charge in [-0.15, -0.1) is 0 Å². The second kappa shape index (κ2) is 70.3. The van der Waals surface area contributed by atoms with Crippen LogP contribution in [0.5, 0.6) is 0 Å². The molecule has 82 heavy (non-hydrogen) atoms. The number of allylic oxidation sites excluding steroid dienone is 12. The zero-order valence-electron chi connectivity index (χ0n) is 54.8. The van der Waals surface area contributed by atoms with Gasteiger partial charge >= 0.3 is 17.9 Å². The third-order valence-corrected chi connectivity index (χ3v) is 15.9. The van der Waals surface area contributed by atoms with Crippen molar-refractivity contribution in [2.75, 3.05) is 13.2 Å². The molecule has 0 aliphatic rings. The number of carbonyl (C=O) groups is 3. The molecule has 0 aliphatic carbocycles. The normalized spacial score (nSPS) is 12.5. The van der Waals surface area contributed by atoms with Gasteiger partial charge in [-0.2, -0.15) is 0 Å². The van der Waals surface area contributed by atoms with E-state index in [9.17, 15) is 14.4 Å². The Hall–Kier alpha value is -3.15. The lowest BCUT2D eigenvalue weighted by Gasteiger charge is -2.18. The molecule has 0 aromatic rings. The van der Waals surface area contributed by atoms with Crippen molar-refractivity contribution in [3.63, 3.8) is 0 Å². The first-order valence-electron chi connectivity index (χ1n) is 35.9. The molecule has 0 saturated heterocycles. The highest BCUT2D eigenvalue weighted by molar-refractivity contribution is 5.71. The molecule has 0 fully saturated rings. The zero-order valence-corrected chi connectivity index (χ0v) is 54.8. The molecule has 0 rings (SSSR count). The van der Waals surface area contributed by atoms with Crippen molar-refractivity contribution in [2.24, 2.45) is 0 Å². The van der Waals surface area contributed by atoms with Gasteiger partial charge in [0.1, 0.15) is 13.2 Å². The first kappa shape index (κ1) is 78.8. The maximum atomic E-state index is 13.0. The van der Waals surface area contributed by atoms with Crippen LogP contribution >= 0.6 is 0 Å². The van der Waals surface area contributed by atoms with Gasteiger partial charge < -0.3 is 14.2 Å². The fourth-order valence-corrected chi connectivity index (χ4v) is 10.6. The maximum Gasteiger partial charge on any atom is 0.306 e. The zero-order chi connectivity index (χ0) is 59.2. The van der Waals surface area contributed by atoms with E-state index in [1.165, 1.54) is 244 Å². The molecular formula is C76H136O6. The predicted octanol–water partition coefficient (Wildman–Crippen LogP) is 24.8. The second-order valence-corrected chi connectivity index (χ2v) is 24.1. The van der Waals surface area contributed by atoms with Gasteiger partial charge in [-0.3, -0.25) is 14.4 Å². The van der Waals surface area contributed by atoms with E-state index in [0.717, 1.165) is 89.9 Å². The second-order valence-electron chi connectivity index (χ2n) is 24.1. The Labute approximate surface area is 510 Å². The Balaban J connectivity index is 4.20. The van der Waals surface area contributed by atoms with Crippen molar-refractivity contribution in [3.05, 3.63) is 72.9 Å². The molecule has 0 aromatic carbocycles. The van der Waals surface area contributed by atoms with Crippen LogP contribution in [-0.2, 0) is 28.6 Å². The molecule has 0 radical (unpaired) electrons.